The van der Waals surface area contributed by atoms with E-state index in [0.717, 1.165) is 22.6 Å². The lowest BCUT2D eigenvalue weighted by atomic mass is 10.1. The van der Waals surface area contributed by atoms with Gasteiger partial charge in [0.15, 0.2) is 0 Å². The van der Waals surface area contributed by atoms with E-state index < -0.39 is 0 Å². The van der Waals surface area contributed by atoms with Crippen molar-refractivity contribution in [3.8, 4) is 28.8 Å². The number of allylic oxidation sites excluding steroid dienone is 1. The number of ether oxygens (including phenoxy) is 1. The molecule has 0 spiro atoms. The van der Waals surface area contributed by atoms with Gasteiger partial charge in [0.05, 0.1) is 17.9 Å². The van der Waals surface area contributed by atoms with Crippen LogP contribution in [-0.4, -0.2) is 16.7 Å². The van der Waals surface area contributed by atoms with E-state index in [1.54, 1.807) is 30.3 Å². The van der Waals surface area contributed by atoms with Crippen LogP contribution in [0.15, 0.2) is 53.9 Å². The Labute approximate surface area is 150 Å². The molecular formula is C20H16N2O2S. The van der Waals surface area contributed by atoms with Crippen LogP contribution in [0.2, 0.25) is 0 Å². The van der Waals surface area contributed by atoms with Crippen molar-refractivity contribution < 1.29 is 9.84 Å². The molecule has 5 heteroatoms. The Balaban J connectivity index is 1.86. The molecule has 4 nitrogen and oxygen atoms in total. The van der Waals surface area contributed by atoms with Crippen molar-refractivity contribution >= 4 is 23.0 Å². The highest BCUT2D eigenvalue weighted by Crippen LogP contribution is 2.28. The third-order valence-electron chi connectivity index (χ3n) is 3.52. The number of aromatic nitrogens is 1. The van der Waals surface area contributed by atoms with Gasteiger partial charge >= 0.3 is 0 Å². The normalized spacial score (nSPS) is 11.1. The van der Waals surface area contributed by atoms with Crippen molar-refractivity contribution in [3.05, 3.63) is 64.5 Å². The Hall–Kier alpha value is -3.10. The summed E-state index contributed by atoms with van der Waals surface area (Å²) in [7, 11) is 0. The number of nitriles is 1. The summed E-state index contributed by atoms with van der Waals surface area (Å²) >= 11 is 1.43. The second kappa shape index (κ2) is 7.65. The zero-order chi connectivity index (χ0) is 17.6. The average Bonchev–Trinajstić information content (AvgIpc) is 3.12. The average molecular weight is 348 g/mol. The highest BCUT2D eigenvalue weighted by Gasteiger charge is 2.09. The summed E-state index contributed by atoms with van der Waals surface area (Å²) in [5.74, 6) is 1.02. The minimum atomic E-state index is 0.197. The maximum atomic E-state index is 9.45. The number of hydrogen-bond donors (Lipinski definition) is 1. The number of phenols is 1. The quantitative estimate of drug-likeness (QED) is 0.661. The van der Waals surface area contributed by atoms with Crippen molar-refractivity contribution in [3.63, 3.8) is 0 Å². The van der Waals surface area contributed by atoms with Gasteiger partial charge < -0.3 is 9.84 Å². The first-order valence-corrected chi connectivity index (χ1v) is 8.67. The minimum absolute atomic E-state index is 0.197. The lowest BCUT2D eigenvalue weighted by Gasteiger charge is -2.03. The smallest absolute Gasteiger partial charge is 0.134 e. The molecule has 0 saturated carbocycles. The van der Waals surface area contributed by atoms with E-state index in [9.17, 15) is 10.4 Å². The largest absolute Gasteiger partial charge is 0.508 e. The van der Waals surface area contributed by atoms with Gasteiger partial charge in [0.1, 0.15) is 22.6 Å². The molecule has 0 amide bonds. The molecule has 1 N–H and O–H groups in total. The van der Waals surface area contributed by atoms with Gasteiger partial charge in [-0.25, -0.2) is 4.98 Å². The van der Waals surface area contributed by atoms with Crippen molar-refractivity contribution in [2.75, 3.05) is 6.61 Å². The fraction of sp³-hybridized carbons (Fsp3) is 0.100. The van der Waals surface area contributed by atoms with E-state index in [1.165, 1.54) is 11.3 Å². The number of phenolic OH excluding ortho intramolecular Hbond substituents is 1. The molecule has 124 valence electrons. The van der Waals surface area contributed by atoms with Gasteiger partial charge in [0.25, 0.3) is 0 Å². The summed E-state index contributed by atoms with van der Waals surface area (Å²) in [6.45, 7) is 2.58. The second-order valence-electron chi connectivity index (χ2n) is 5.26. The summed E-state index contributed by atoms with van der Waals surface area (Å²) in [5.41, 5.74) is 3.14. The van der Waals surface area contributed by atoms with Crippen molar-refractivity contribution in [2.45, 2.75) is 6.92 Å². The van der Waals surface area contributed by atoms with Crippen LogP contribution in [0.1, 0.15) is 17.5 Å². The Morgan fingerprint density at radius 3 is 2.56 bits per heavy atom. The van der Waals surface area contributed by atoms with Gasteiger partial charge in [-0.1, -0.05) is 12.1 Å². The Morgan fingerprint density at radius 2 is 1.92 bits per heavy atom. The van der Waals surface area contributed by atoms with Crippen molar-refractivity contribution in [1.82, 2.24) is 4.98 Å². The van der Waals surface area contributed by atoms with Gasteiger partial charge in [0, 0.05) is 10.9 Å². The van der Waals surface area contributed by atoms with Gasteiger partial charge in [-0.3, -0.25) is 0 Å². The van der Waals surface area contributed by atoms with Gasteiger partial charge in [-0.2, -0.15) is 5.26 Å². The van der Waals surface area contributed by atoms with E-state index in [0.29, 0.717) is 17.2 Å². The first-order valence-electron chi connectivity index (χ1n) is 7.79. The molecule has 1 heterocycles. The molecule has 0 bridgehead atoms. The van der Waals surface area contributed by atoms with Gasteiger partial charge in [-0.05, 0) is 55.0 Å². The number of nitrogens with zero attached hydrogens (tertiary/aromatic N) is 2. The minimum Gasteiger partial charge on any atom is -0.508 e. The number of rotatable bonds is 5. The SMILES string of the molecule is CCOc1ccc(-c2csc(/C(C#N)=C\c3ccc(O)cc3)n2)cc1. The first-order chi connectivity index (χ1) is 12.2. The zero-order valence-corrected chi connectivity index (χ0v) is 14.5. The summed E-state index contributed by atoms with van der Waals surface area (Å²) in [4.78, 5) is 4.58. The van der Waals surface area contributed by atoms with Crippen LogP contribution in [0.25, 0.3) is 22.9 Å². The molecule has 25 heavy (non-hydrogen) atoms. The van der Waals surface area contributed by atoms with E-state index in [1.807, 2.05) is 36.6 Å². The summed E-state index contributed by atoms with van der Waals surface area (Å²) in [6.07, 6.45) is 1.76. The van der Waals surface area contributed by atoms with Crippen LogP contribution < -0.4 is 4.74 Å². The Bertz CT molecular complexity index is 920. The van der Waals surface area contributed by atoms with Crippen LogP contribution >= 0.6 is 11.3 Å². The third-order valence-corrected chi connectivity index (χ3v) is 4.40. The van der Waals surface area contributed by atoms with Gasteiger partial charge in [-0.15, -0.1) is 11.3 Å². The van der Waals surface area contributed by atoms with E-state index in [-0.39, 0.29) is 5.75 Å². The first kappa shape index (κ1) is 16.7. The molecule has 0 saturated heterocycles. The molecule has 0 radical (unpaired) electrons. The molecule has 0 aliphatic heterocycles. The number of aromatic hydroxyl groups is 1. The summed E-state index contributed by atoms with van der Waals surface area (Å²) in [6, 6.07) is 16.6. The highest BCUT2D eigenvalue weighted by atomic mass is 32.1. The zero-order valence-electron chi connectivity index (χ0n) is 13.6. The molecule has 0 atom stereocenters. The number of thiazole rings is 1. The molecule has 3 rings (SSSR count). The lowest BCUT2D eigenvalue weighted by Crippen LogP contribution is -1.90. The molecule has 0 aliphatic rings. The van der Waals surface area contributed by atoms with Crippen molar-refractivity contribution in [2.24, 2.45) is 0 Å². The molecule has 0 fully saturated rings. The predicted octanol–water partition coefficient (Wildman–Crippen LogP) is 4.98. The fourth-order valence-electron chi connectivity index (χ4n) is 2.30. The summed E-state index contributed by atoms with van der Waals surface area (Å²) < 4.78 is 5.44. The van der Waals surface area contributed by atoms with E-state index >= 15 is 0 Å². The fourth-order valence-corrected chi connectivity index (χ4v) is 3.09. The maximum Gasteiger partial charge on any atom is 0.134 e. The monoisotopic (exact) mass is 348 g/mol. The molecular weight excluding hydrogens is 332 g/mol. The second-order valence-corrected chi connectivity index (χ2v) is 6.11. The van der Waals surface area contributed by atoms with Gasteiger partial charge in [0.2, 0.25) is 0 Å². The van der Waals surface area contributed by atoms with E-state index in [2.05, 4.69) is 11.1 Å². The van der Waals surface area contributed by atoms with Crippen LogP contribution in [0.3, 0.4) is 0 Å². The predicted molar refractivity (Wildman–Crippen MR) is 100 cm³/mol. The van der Waals surface area contributed by atoms with Crippen LogP contribution in [-0.2, 0) is 0 Å². The molecule has 0 aliphatic carbocycles. The summed E-state index contributed by atoms with van der Waals surface area (Å²) in [5, 5.41) is 21.4. The highest BCUT2D eigenvalue weighted by molar-refractivity contribution is 7.11. The standard InChI is InChI=1S/C20H16N2O2S/c1-2-24-18-9-5-15(6-10-18)19-13-25-20(22-19)16(12-21)11-14-3-7-17(23)8-4-14/h3-11,13,23H,2H2,1H3/b16-11-. The van der Waals surface area contributed by atoms with Crippen LogP contribution in [0.4, 0.5) is 0 Å². The number of hydrogen-bond acceptors (Lipinski definition) is 5. The van der Waals surface area contributed by atoms with Crippen molar-refractivity contribution in [1.29, 1.82) is 5.26 Å². The van der Waals surface area contributed by atoms with Crippen LogP contribution in [0.5, 0.6) is 11.5 Å². The van der Waals surface area contributed by atoms with E-state index in [4.69, 9.17) is 4.74 Å². The molecule has 2 aromatic carbocycles. The molecule has 1 aromatic heterocycles. The third kappa shape index (κ3) is 4.06. The Morgan fingerprint density at radius 1 is 1.20 bits per heavy atom. The maximum absolute atomic E-state index is 9.45. The van der Waals surface area contributed by atoms with Crippen LogP contribution in [0, 0.1) is 11.3 Å². The lowest BCUT2D eigenvalue weighted by molar-refractivity contribution is 0.340. The Kier molecular flexibility index (Phi) is 5.12. The molecule has 3 aromatic rings. The topological polar surface area (TPSA) is 66.1 Å². The number of benzene rings is 2. The molecule has 0 unspecified atom stereocenters.